The molecule has 0 aromatic carbocycles. The van der Waals surface area contributed by atoms with Gasteiger partial charge in [0.1, 0.15) is 0 Å². The summed E-state index contributed by atoms with van der Waals surface area (Å²) in [6, 6.07) is 5.72. The molecule has 0 N–H and O–H groups in total. The van der Waals surface area contributed by atoms with Crippen molar-refractivity contribution in [3.8, 4) is 0 Å². The molecule has 1 aliphatic carbocycles. The van der Waals surface area contributed by atoms with E-state index >= 15 is 0 Å². The van der Waals surface area contributed by atoms with Crippen LogP contribution in [-0.2, 0) is 12.8 Å². The van der Waals surface area contributed by atoms with Crippen molar-refractivity contribution in [2.75, 3.05) is 31.1 Å². The minimum Gasteiger partial charge on any atom is -0.370 e. The summed E-state index contributed by atoms with van der Waals surface area (Å²) in [5.41, 5.74) is 5.21. The largest absolute Gasteiger partial charge is 0.370 e. The lowest BCUT2D eigenvalue weighted by atomic mass is 9.91. The van der Waals surface area contributed by atoms with E-state index in [1.807, 2.05) is 13.1 Å². The highest BCUT2D eigenvalue weighted by Crippen LogP contribution is 2.29. The van der Waals surface area contributed by atoms with Crippen LogP contribution in [0.2, 0.25) is 0 Å². The lowest BCUT2D eigenvalue weighted by Crippen LogP contribution is -2.41. The molecule has 2 aliphatic heterocycles. The van der Waals surface area contributed by atoms with Crippen LogP contribution < -0.4 is 4.90 Å². The molecule has 4 heterocycles. The smallest absolute Gasteiger partial charge is 0.0669 e. The second-order valence-corrected chi connectivity index (χ2v) is 8.58. The summed E-state index contributed by atoms with van der Waals surface area (Å²) in [6.45, 7) is 6.66. The maximum atomic E-state index is 5.04. The van der Waals surface area contributed by atoms with Crippen molar-refractivity contribution in [3.63, 3.8) is 0 Å². The van der Waals surface area contributed by atoms with Gasteiger partial charge in [0.15, 0.2) is 0 Å². The molecule has 2 aromatic rings. The Morgan fingerprint density at radius 1 is 0.926 bits per heavy atom. The third kappa shape index (κ3) is 3.49. The average molecular weight is 366 g/mol. The fourth-order valence-electron chi connectivity index (χ4n) is 4.85. The topological polar surface area (TPSA) is 37.2 Å². The zero-order valence-corrected chi connectivity index (χ0v) is 16.5. The van der Waals surface area contributed by atoms with Crippen molar-refractivity contribution in [1.82, 2.24) is 19.7 Å². The Bertz CT molecular complexity index is 743. The number of rotatable bonds is 3. The van der Waals surface area contributed by atoms with Gasteiger partial charge in [0.2, 0.25) is 0 Å². The molecule has 5 heteroatoms. The van der Waals surface area contributed by atoms with Crippen molar-refractivity contribution in [1.29, 1.82) is 0 Å². The minimum absolute atomic E-state index is 0.550. The molecule has 1 saturated heterocycles. The summed E-state index contributed by atoms with van der Waals surface area (Å²) in [6.07, 6.45) is 13.3. The fourth-order valence-corrected chi connectivity index (χ4v) is 4.85. The number of nitrogens with zero attached hydrogens (tertiary/aromatic N) is 5. The molecular formula is C22H31N5. The van der Waals surface area contributed by atoms with Crippen molar-refractivity contribution >= 4 is 5.69 Å². The first kappa shape index (κ1) is 17.2. The Morgan fingerprint density at radius 2 is 1.74 bits per heavy atom. The van der Waals surface area contributed by atoms with Gasteiger partial charge in [0.05, 0.1) is 23.6 Å². The molecule has 5 nitrogen and oxygen atoms in total. The van der Waals surface area contributed by atoms with Crippen LogP contribution in [0.25, 0.3) is 0 Å². The first-order valence-corrected chi connectivity index (χ1v) is 10.7. The van der Waals surface area contributed by atoms with Gasteiger partial charge in [-0.05, 0) is 56.7 Å². The van der Waals surface area contributed by atoms with E-state index in [0.29, 0.717) is 6.04 Å². The number of hydrogen-bond donors (Lipinski definition) is 0. The highest BCUT2D eigenvalue weighted by molar-refractivity contribution is 5.44. The molecule has 0 bridgehead atoms. The van der Waals surface area contributed by atoms with Crippen LogP contribution in [0.15, 0.2) is 24.5 Å². The first-order chi connectivity index (χ1) is 13.3. The normalized spacial score (nSPS) is 22.3. The molecule has 0 amide bonds. The first-order valence-electron chi connectivity index (χ1n) is 10.7. The van der Waals surface area contributed by atoms with E-state index in [1.165, 1.54) is 68.6 Å². The van der Waals surface area contributed by atoms with E-state index < -0.39 is 0 Å². The Labute approximate surface area is 162 Å². The molecule has 2 fully saturated rings. The molecule has 0 radical (unpaired) electrons. The van der Waals surface area contributed by atoms with E-state index in [9.17, 15) is 0 Å². The monoisotopic (exact) mass is 365 g/mol. The Kier molecular flexibility index (Phi) is 4.64. The fraction of sp³-hybridized carbons (Fsp3) is 0.636. The summed E-state index contributed by atoms with van der Waals surface area (Å²) < 4.78 is 2.30. The summed E-state index contributed by atoms with van der Waals surface area (Å²) in [4.78, 5) is 9.63. The zero-order valence-electron chi connectivity index (χ0n) is 16.5. The minimum atomic E-state index is 0.550. The number of hydrogen-bond acceptors (Lipinski definition) is 4. The van der Waals surface area contributed by atoms with Crippen LogP contribution >= 0.6 is 0 Å². The quantitative estimate of drug-likeness (QED) is 0.836. The van der Waals surface area contributed by atoms with Gasteiger partial charge in [-0.3, -0.25) is 14.6 Å². The maximum Gasteiger partial charge on any atom is 0.0669 e. The summed E-state index contributed by atoms with van der Waals surface area (Å²) >= 11 is 0. The van der Waals surface area contributed by atoms with E-state index in [0.717, 1.165) is 31.2 Å². The van der Waals surface area contributed by atoms with Crippen LogP contribution in [0, 0.1) is 6.92 Å². The molecule has 2 aromatic heterocycles. The van der Waals surface area contributed by atoms with Gasteiger partial charge in [-0.2, -0.15) is 5.10 Å². The summed E-state index contributed by atoms with van der Waals surface area (Å²) in [5.74, 6) is 0. The maximum absolute atomic E-state index is 5.04. The molecular weight excluding hydrogens is 334 g/mol. The SMILES string of the molecule is Cc1ccc(N2CCC(n3cc4c(n3)CCN(C3CCC3)CC4)CC2)cn1. The van der Waals surface area contributed by atoms with Crippen LogP contribution in [0.1, 0.15) is 55.1 Å². The predicted molar refractivity (Wildman–Crippen MR) is 108 cm³/mol. The molecule has 144 valence electrons. The highest BCUT2D eigenvalue weighted by atomic mass is 15.3. The average Bonchev–Trinajstić information content (AvgIpc) is 2.97. The van der Waals surface area contributed by atoms with Crippen molar-refractivity contribution < 1.29 is 0 Å². The van der Waals surface area contributed by atoms with Gasteiger partial charge in [0, 0.05) is 50.5 Å². The second-order valence-electron chi connectivity index (χ2n) is 8.58. The molecule has 27 heavy (non-hydrogen) atoms. The van der Waals surface area contributed by atoms with Gasteiger partial charge >= 0.3 is 0 Å². The molecule has 5 rings (SSSR count). The van der Waals surface area contributed by atoms with Gasteiger partial charge in [-0.1, -0.05) is 6.42 Å². The standard InChI is InChI=1S/C22H31N5/c1-17-5-6-21(15-23-17)26-12-8-20(9-13-26)27-16-18-7-11-25(19-3-2-4-19)14-10-22(18)24-27/h5-6,15-16,19-20H,2-4,7-14H2,1H3. The van der Waals surface area contributed by atoms with Gasteiger partial charge in [-0.15, -0.1) is 0 Å². The van der Waals surface area contributed by atoms with Gasteiger partial charge in [-0.25, -0.2) is 0 Å². The number of aryl methyl sites for hydroxylation is 1. The number of pyridine rings is 1. The van der Waals surface area contributed by atoms with Crippen molar-refractivity contribution in [2.45, 2.75) is 64.0 Å². The Hall–Kier alpha value is -1.88. The van der Waals surface area contributed by atoms with E-state index in [1.54, 1.807) is 0 Å². The van der Waals surface area contributed by atoms with E-state index in [-0.39, 0.29) is 0 Å². The molecule has 3 aliphatic rings. The number of fused-ring (bicyclic) bond motifs is 1. The van der Waals surface area contributed by atoms with Crippen LogP contribution in [0.4, 0.5) is 5.69 Å². The van der Waals surface area contributed by atoms with Gasteiger partial charge < -0.3 is 4.90 Å². The van der Waals surface area contributed by atoms with E-state index in [2.05, 4.69) is 37.8 Å². The molecule has 1 saturated carbocycles. The van der Waals surface area contributed by atoms with Crippen molar-refractivity contribution in [2.24, 2.45) is 0 Å². The molecule has 0 spiro atoms. The highest BCUT2D eigenvalue weighted by Gasteiger charge is 2.28. The summed E-state index contributed by atoms with van der Waals surface area (Å²) in [5, 5.41) is 5.04. The van der Waals surface area contributed by atoms with Crippen LogP contribution in [0.5, 0.6) is 0 Å². The number of aromatic nitrogens is 3. The second kappa shape index (κ2) is 7.27. The lowest BCUT2D eigenvalue weighted by Gasteiger charge is -2.36. The Balaban J connectivity index is 1.21. The van der Waals surface area contributed by atoms with Crippen LogP contribution in [0.3, 0.4) is 0 Å². The van der Waals surface area contributed by atoms with E-state index in [4.69, 9.17) is 5.10 Å². The lowest BCUT2D eigenvalue weighted by molar-refractivity contribution is 0.133. The summed E-state index contributed by atoms with van der Waals surface area (Å²) in [7, 11) is 0. The predicted octanol–water partition coefficient (Wildman–Crippen LogP) is 3.38. The van der Waals surface area contributed by atoms with Crippen molar-refractivity contribution in [3.05, 3.63) is 41.5 Å². The third-order valence-electron chi connectivity index (χ3n) is 6.89. The number of piperidine rings is 1. The molecule has 0 unspecified atom stereocenters. The zero-order chi connectivity index (χ0) is 18.2. The third-order valence-corrected chi connectivity index (χ3v) is 6.89. The number of anilines is 1. The Morgan fingerprint density at radius 3 is 2.44 bits per heavy atom. The van der Waals surface area contributed by atoms with Gasteiger partial charge in [0.25, 0.3) is 0 Å². The molecule has 0 atom stereocenters. The van der Waals surface area contributed by atoms with Crippen LogP contribution in [-0.4, -0.2) is 51.9 Å².